The number of aromatic nitrogens is 2. The Morgan fingerprint density at radius 3 is 2.71 bits per heavy atom. The normalized spacial score (nSPS) is 22.4. The van der Waals surface area contributed by atoms with Crippen molar-refractivity contribution in [3.05, 3.63) is 17.7 Å². The molecule has 4 nitrogen and oxygen atoms in total. The molecule has 0 amide bonds. The number of hydrogen-bond acceptors (Lipinski definition) is 1. The third kappa shape index (κ3) is 3.54. The van der Waals surface area contributed by atoms with E-state index in [4.69, 9.17) is 5.11 Å². The Morgan fingerprint density at radius 1 is 1.47 bits per heavy atom. The van der Waals surface area contributed by atoms with Crippen LogP contribution in [-0.4, -0.2) is 40.9 Å². The van der Waals surface area contributed by atoms with E-state index in [1.165, 1.54) is 11.4 Å². The summed E-state index contributed by atoms with van der Waals surface area (Å²) >= 11 is 0. The second-order valence-electron chi connectivity index (χ2n) is 4.93. The van der Waals surface area contributed by atoms with Gasteiger partial charge in [0.1, 0.15) is 13.1 Å². The number of fused-ring (bicyclic) bond motifs is 1. The average Bonchev–Trinajstić information content (AvgIpc) is 2.42. The molecule has 1 aliphatic heterocycles. The van der Waals surface area contributed by atoms with Gasteiger partial charge < -0.3 is 57.5 Å². The first-order valence-corrected chi connectivity index (χ1v) is 5.53. The maximum Gasteiger partial charge on any atom is 0.243 e. The van der Waals surface area contributed by atoms with Crippen LogP contribution in [0.1, 0.15) is 11.4 Å². The van der Waals surface area contributed by atoms with E-state index in [1.807, 2.05) is 0 Å². The monoisotopic (exact) mass is 465 g/mol. The van der Waals surface area contributed by atoms with E-state index in [2.05, 4.69) is 36.6 Å². The minimum Gasteiger partial charge on any atom is -1.00 e. The molecule has 0 saturated heterocycles. The first kappa shape index (κ1) is 17.6. The number of hydrogen-bond donors (Lipinski definition) is 1. The topological polar surface area (TPSA) is 29.0 Å². The quantitative estimate of drug-likeness (QED) is 0.263. The molecule has 2 rings (SSSR count). The zero-order chi connectivity index (χ0) is 11.1. The summed E-state index contributed by atoms with van der Waals surface area (Å²) in [5, 5.41) is 9.08. The van der Waals surface area contributed by atoms with Crippen LogP contribution in [0.5, 0.6) is 0 Å². The van der Waals surface area contributed by atoms with Gasteiger partial charge >= 0.3 is 0 Å². The number of imidazole rings is 1. The van der Waals surface area contributed by atoms with Crippen molar-refractivity contribution >= 4 is 0 Å². The smallest absolute Gasteiger partial charge is 0.243 e. The van der Waals surface area contributed by atoms with Crippen molar-refractivity contribution in [2.75, 3.05) is 26.7 Å². The molecule has 6 heteroatoms. The van der Waals surface area contributed by atoms with E-state index in [0.29, 0.717) is 0 Å². The molecule has 100 valence electrons. The maximum absolute atomic E-state index is 9.08. The standard InChI is InChI=1S/C11H21N3O.2HI/c1-12-9-13(2)11-8-14(3,6-7-15)5-4-10(11)12;;/h9,15H,4-8H2,1-3H3;2*1H/q+2;;/p-2. The minimum absolute atomic E-state index is 0. The minimum atomic E-state index is 0. The van der Waals surface area contributed by atoms with Crippen LogP contribution in [-0.2, 0) is 27.1 Å². The highest BCUT2D eigenvalue weighted by molar-refractivity contribution is 5.08. The summed E-state index contributed by atoms with van der Waals surface area (Å²) in [4.78, 5) is 0. The summed E-state index contributed by atoms with van der Waals surface area (Å²) in [6.45, 7) is 3.30. The van der Waals surface area contributed by atoms with Crippen molar-refractivity contribution in [1.82, 2.24) is 4.57 Å². The maximum atomic E-state index is 9.08. The fourth-order valence-corrected chi connectivity index (χ4v) is 2.58. The van der Waals surface area contributed by atoms with Gasteiger partial charge in [0.25, 0.3) is 0 Å². The van der Waals surface area contributed by atoms with Crippen LogP contribution in [0, 0.1) is 0 Å². The lowest BCUT2D eigenvalue weighted by Crippen LogP contribution is -3.00. The Balaban J connectivity index is 0.00000128. The average molecular weight is 465 g/mol. The van der Waals surface area contributed by atoms with Gasteiger partial charge in [0.2, 0.25) is 12.0 Å². The van der Waals surface area contributed by atoms with E-state index >= 15 is 0 Å². The van der Waals surface area contributed by atoms with Crippen LogP contribution in [0.4, 0.5) is 0 Å². The van der Waals surface area contributed by atoms with Crippen molar-refractivity contribution < 1.29 is 62.1 Å². The second-order valence-corrected chi connectivity index (χ2v) is 4.93. The molecule has 0 fully saturated rings. The molecule has 1 aromatic heterocycles. The lowest BCUT2D eigenvalue weighted by atomic mass is 10.1. The van der Waals surface area contributed by atoms with Gasteiger partial charge in [0.05, 0.1) is 40.7 Å². The SMILES string of the molecule is Cn1c[n+](C)c2c1C[N+](C)(CCO)CC2.[I-].[I-]. The predicted octanol–water partition coefficient (Wildman–Crippen LogP) is -6.65. The van der Waals surface area contributed by atoms with Crippen molar-refractivity contribution in [2.24, 2.45) is 14.1 Å². The third-order valence-electron chi connectivity index (χ3n) is 3.59. The van der Waals surface area contributed by atoms with E-state index in [9.17, 15) is 0 Å². The molecule has 1 aromatic rings. The Kier molecular flexibility index (Phi) is 6.90. The Morgan fingerprint density at radius 2 is 2.12 bits per heavy atom. The highest BCUT2D eigenvalue weighted by atomic mass is 127. The molecule has 0 radical (unpaired) electrons. The van der Waals surface area contributed by atoms with Crippen molar-refractivity contribution in [3.8, 4) is 0 Å². The zero-order valence-electron chi connectivity index (χ0n) is 10.7. The molecular weight excluding hydrogens is 444 g/mol. The molecule has 0 aliphatic carbocycles. The van der Waals surface area contributed by atoms with Gasteiger partial charge in [0, 0.05) is 0 Å². The summed E-state index contributed by atoms with van der Waals surface area (Å²) < 4.78 is 5.39. The molecular formula is C11H21I2N3O. The highest BCUT2D eigenvalue weighted by Crippen LogP contribution is 2.20. The van der Waals surface area contributed by atoms with E-state index in [1.54, 1.807) is 0 Å². The van der Waals surface area contributed by atoms with Gasteiger partial charge in [-0.05, 0) is 0 Å². The van der Waals surface area contributed by atoms with Crippen LogP contribution < -0.4 is 52.5 Å². The summed E-state index contributed by atoms with van der Waals surface area (Å²) in [6.07, 6.45) is 3.25. The summed E-state index contributed by atoms with van der Waals surface area (Å²) in [5.74, 6) is 0. The molecule has 0 bridgehead atoms. The Bertz CT molecular complexity index is 381. The number of nitrogens with zero attached hydrogens (tertiary/aromatic N) is 3. The molecule has 1 aliphatic rings. The summed E-state index contributed by atoms with van der Waals surface area (Å²) in [6, 6.07) is 0. The van der Waals surface area contributed by atoms with E-state index in [-0.39, 0.29) is 54.6 Å². The molecule has 17 heavy (non-hydrogen) atoms. The summed E-state index contributed by atoms with van der Waals surface area (Å²) in [5.41, 5.74) is 2.87. The largest absolute Gasteiger partial charge is 1.00 e. The molecule has 0 aromatic carbocycles. The number of halogens is 2. The van der Waals surface area contributed by atoms with Crippen LogP contribution in [0.3, 0.4) is 0 Å². The number of rotatable bonds is 2. The van der Waals surface area contributed by atoms with Crippen molar-refractivity contribution in [3.63, 3.8) is 0 Å². The van der Waals surface area contributed by atoms with Crippen molar-refractivity contribution in [1.29, 1.82) is 0 Å². The molecule has 0 spiro atoms. The lowest BCUT2D eigenvalue weighted by Gasteiger charge is -2.35. The fraction of sp³-hybridized carbons (Fsp3) is 0.727. The second kappa shape index (κ2) is 6.67. The van der Waals surface area contributed by atoms with Gasteiger partial charge in [-0.25, -0.2) is 9.13 Å². The van der Waals surface area contributed by atoms with Gasteiger partial charge in [-0.1, -0.05) is 0 Å². The first-order chi connectivity index (χ1) is 7.06. The van der Waals surface area contributed by atoms with E-state index in [0.717, 1.165) is 30.5 Å². The zero-order valence-corrected chi connectivity index (χ0v) is 15.0. The Labute approximate surface area is 137 Å². The van der Waals surface area contributed by atoms with Crippen molar-refractivity contribution in [2.45, 2.75) is 13.0 Å². The van der Waals surface area contributed by atoms with Gasteiger partial charge in [-0.2, -0.15) is 0 Å². The highest BCUT2D eigenvalue weighted by Gasteiger charge is 2.35. The third-order valence-corrected chi connectivity index (χ3v) is 3.59. The van der Waals surface area contributed by atoms with Crippen LogP contribution in [0.15, 0.2) is 6.33 Å². The predicted molar refractivity (Wildman–Crippen MR) is 57.0 cm³/mol. The van der Waals surface area contributed by atoms with Gasteiger partial charge in [-0.3, -0.25) is 0 Å². The first-order valence-electron chi connectivity index (χ1n) is 5.53. The van der Waals surface area contributed by atoms with Gasteiger partial charge in [0.15, 0.2) is 5.69 Å². The lowest BCUT2D eigenvalue weighted by molar-refractivity contribution is -0.926. The summed E-state index contributed by atoms with van der Waals surface area (Å²) in [7, 11) is 6.44. The fourth-order valence-electron chi connectivity index (χ4n) is 2.58. The van der Waals surface area contributed by atoms with Crippen LogP contribution in [0.2, 0.25) is 0 Å². The number of aryl methyl sites for hydroxylation is 2. The molecule has 1 atom stereocenters. The number of aliphatic hydroxyl groups is 1. The number of likely N-dealkylation sites (N-methyl/N-ethyl adjacent to an activating group) is 1. The molecule has 1 N–H and O–H groups in total. The van der Waals surface area contributed by atoms with Crippen LogP contribution >= 0.6 is 0 Å². The van der Waals surface area contributed by atoms with Crippen LogP contribution in [0.25, 0.3) is 0 Å². The van der Waals surface area contributed by atoms with E-state index < -0.39 is 0 Å². The molecule has 1 unspecified atom stereocenters. The van der Waals surface area contributed by atoms with Gasteiger partial charge in [-0.15, -0.1) is 0 Å². The number of quaternary nitrogens is 1. The number of aliphatic hydroxyl groups excluding tert-OH is 1. The molecule has 0 saturated carbocycles. The Hall–Kier alpha value is 0.590. The molecule has 2 heterocycles.